The summed E-state index contributed by atoms with van der Waals surface area (Å²) in [5.74, 6) is 0. The molecule has 5 heteroatoms. The fourth-order valence-corrected chi connectivity index (χ4v) is 4.13. The Hall–Kier alpha value is -2.25. The predicted molar refractivity (Wildman–Crippen MR) is 98.9 cm³/mol. The first-order valence-corrected chi connectivity index (χ1v) is 8.71. The smallest absolute Gasteiger partial charge is 0.157 e. The third-order valence-electron chi connectivity index (χ3n) is 4.81. The van der Waals surface area contributed by atoms with Gasteiger partial charge < -0.3 is 10.1 Å². The molecule has 0 bridgehead atoms. The summed E-state index contributed by atoms with van der Waals surface area (Å²) in [5, 5.41) is 22.5. The number of benzene rings is 2. The van der Waals surface area contributed by atoms with Gasteiger partial charge in [-0.2, -0.15) is 5.26 Å². The molecule has 3 aromatic rings. The number of fused-ring (bicyclic) bond motifs is 3. The molecule has 1 atom stereocenters. The topological polar surface area (TPSA) is 59.8 Å². The van der Waals surface area contributed by atoms with Gasteiger partial charge in [0.05, 0.1) is 11.3 Å². The number of rotatable bonds is 2. The average Bonchev–Trinajstić information content (AvgIpc) is 3.10. The molecule has 0 saturated carbocycles. The van der Waals surface area contributed by atoms with Crippen molar-refractivity contribution in [2.45, 2.75) is 18.9 Å². The van der Waals surface area contributed by atoms with Crippen molar-refractivity contribution in [1.29, 1.82) is 5.26 Å². The van der Waals surface area contributed by atoms with Gasteiger partial charge in [-0.1, -0.05) is 54.4 Å². The molecule has 2 N–H and O–H groups in total. The summed E-state index contributed by atoms with van der Waals surface area (Å²) in [6.45, 7) is 1.97. The third kappa shape index (κ3) is 2.09. The molecule has 0 radical (unpaired) electrons. The molecule has 1 aliphatic carbocycles. The van der Waals surface area contributed by atoms with Crippen LogP contribution in [0.3, 0.4) is 0 Å². The van der Waals surface area contributed by atoms with Crippen molar-refractivity contribution in [3.63, 3.8) is 0 Å². The van der Waals surface area contributed by atoms with E-state index in [0.29, 0.717) is 38.9 Å². The summed E-state index contributed by atoms with van der Waals surface area (Å²) in [6.07, 6.45) is 0.664. The van der Waals surface area contributed by atoms with Crippen LogP contribution in [0.4, 0.5) is 0 Å². The van der Waals surface area contributed by atoms with Gasteiger partial charge in [0.2, 0.25) is 0 Å². The predicted octanol–water partition coefficient (Wildman–Crippen LogP) is 5.02. The van der Waals surface area contributed by atoms with Crippen molar-refractivity contribution in [3.8, 4) is 17.2 Å². The van der Waals surface area contributed by atoms with Crippen molar-refractivity contribution < 1.29 is 5.11 Å². The number of aryl methyl sites for hydroxylation is 1. The van der Waals surface area contributed by atoms with Crippen molar-refractivity contribution in [2.24, 2.45) is 0 Å². The quantitative estimate of drug-likeness (QED) is 0.666. The second kappa shape index (κ2) is 5.64. The zero-order valence-electron chi connectivity index (χ0n) is 13.4. The minimum absolute atomic E-state index is 0.454. The molecule has 1 heterocycles. The molecule has 25 heavy (non-hydrogen) atoms. The zero-order chi connectivity index (χ0) is 17.8. The van der Waals surface area contributed by atoms with Gasteiger partial charge >= 0.3 is 0 Å². The Morgan fingerprint density at radius 1 is 1.16 bits per heavy atom. The first-order chi connectivity index (χ1) is 12.0. The molecule has 0 aliphatic heterocycles. The van der Waals surface area contributed by atoms with Gasteiger partial charge in [-0.15, -0.1) is 0 Å². The Morgan fingerprint density at radius 3 is 2.60 bits per heavy atom. The zero-order valence-corrected chi connectivity index (χ0v) is 14.9. The number of nitriles is 1. The third-order valence-corrected chi connectivity index (χ3v) is 5.37. The van der Waals surface area contributed by atoms with Gasteiger partial charge in [0.15, 0.2) is 5.60 Å². The van der Waals surface area contributed by atoms with Crippen LogP contribution in [0.2, 0.25) is 10.0 Å². The average molecular weight is 369 g/mol. The van der Waals surface area contributed by atoms with Crippen molar-refractivity contribution in [2.75, 3.05) is 0 Å². The second-order valence-electron chi connectivity index (χ2n) is 6.07. The summed E-state index contributed by atoms with van der Waals surface area (Å²) in [7, 11) is 0. The summed E-state index contributed by atoms with van der Waals surface area (Å²) in [6, 6.07) is 14.8. The van der Waals surface area contributed by atoms with Crippen molar-refractivity contribution >= 4 is 23.2 Å². The number of halogens is 2. The number of H-pyrrole nitrogens is 1. The number of nitrogens with zero attached hydrogens (tertiary/aromatic N) is 1. The van der Waals surface area contributed by atoms with Gasteiger partial charge in [-0.05, 0) is 30.2 Å². The van der Waals surface area contributed by atoms with Crippen LogP contribution in [-0.2, 0) is 12.0 Å². The Bertz CT molecular complexity index is 1050. The Kier molecular flexibility index (Phi) is 3.66. The van der Waals surface area contributed by atoms with E-state index in [1.807, 2.05) is 25.1 Å². The molecule has 0 amide bonds. The largest absolute Gasteiger partial charge is 0.374 e. The maximum atomic E-state index is 11.8. The van der Waals surface area contributed by atoms with E-state index in [0.717, 1.165) is 16.8 Å². The lowest BCUT2D eigenvalue weighted by Gasteiger charge is -2.26. The Balaban J connectivity index is 2.15. The molecule has 1 aliphatic rings. The van der Waals surface area contributed by atoms with Crippen LogP contribution in [0.1, 0.15) is 35.0 Å². The fourth-order valence-electron chi connectivity index (χ4n) is 3.68. The van der Waals surface area contributed by atoms with Crippen LogP contribution in [0.15, 0.2) is 42.5 Å². The SMILES string of the molecule is CCc1[nH]c2c(c1C#N)-c1ccc(Cl)cc1C2(O)c1ccccc1Cl. The maximum absolute atomic E-state index is 11.8. The Labute approximate surface area is 155 Å². The van der Waals surface area contributed by atoms with Gasteiger partial charge in [-0.3, -0.25) is 0 Å². The highest BCUT2D eigenvalue weighted by molar-refractivity contribution is 6.32. The van der Waals surface area contributed by atoms with E-state index in [1.165, 1.54) is 0 Å². The first-order valence-electron chi connectivity index (χ1n) is 7.95. The lowest BCUT2D eigenvalue weighted by molar-refractivity contribution is 0.126. The number of nitrogens with one attached hydrogen (secondary N) is 1. The molecule has 0 spiro atoms. The van der Waals surface area contributed by atoms with Crippen LogP contribution in [-0.4, -0.2) is 10.1 Å². The summed E-state index contributed by atoms with van der Waals surface area (Å²) >= 11 is 12.6. The number of aromatic nitrogens is 1. The van der Waals surface area contributed by atoms with Crippen LogP contribution in [0.25, 0.3) is 11.1 Å². The van der Waals surface area contributed by atoms with Gasteiger partial charge in [-0.25, -0.2) is 0 Å². The van der Waals surface area contributed by atoms with E-state index in [-0.39, 0.29) is 0 Å². The number of aliphatic hydroxyl groups is 1. The minimum atomic E-state index is -1.48. The molecule has 1 aromatic heterocycles. The molecule has 124 valence electrons. The van der Waals surface area contributed by atoms with Gasteiger partial charge in [0.1, 0.15) is 6.07 Å². The summed E-state index contributed by atoms with van der Waals surface area (Å²) in [4.78, 5) is 3.27. The molecule has 4 rings (SSSR count). The maximum Gasteiger partial charge on any atom is 0.157 e. The first kappa shape index (κ1) is 16.2. The number of aromatic amines is 1. The van der Waals surface area contributed by atoms with Gasteiger partial charge in [0.25, 0.3) is 0 Å². The van der Waals surface area contributed by atoms with E-state index in [2.05, 4.69) is 11.1 Å². The van der Waals surface area contributed by atoms with E-state index in [1.54, 1.807) is 24.3 Å². The minimum Gasteiger partial charge on any atom is -0.374 e. The van der Waals surface area contributed by atoms with Gasteiger partial charge in [0, 0.05) is 32.4 Å². The fraction of sp³-hybridized carbons (Fsp3) is 0.150. The van der Waals surface area contributed by atoms with E-state index < -0.39 is 5.60 Å². The van der Waals surface area contributed by atoms with Crippen molar-refractivity contribution in [1.82, 2.24) is 4.98 Å². The standard InChI is InChI=1S/C20H14Cl2N2O/c1-2-17-13(10-23)18-12-8-7-11(21)9-15(12)20(25,19(18)24-17)14-5-3-4-6-16(14)22/h3-9,24-25H,2H2,1H3. The summed E-state index contributed by atoms with van der Waals surface area (Å²) in [5.41, 5.74) is 3.19. The van der Waals surface area contributed by atoms with Crippen LogP contribution < -0.4 is 0 Å². The summed E-state index contributed by atoms with van der Waals surface area (Å²) < 4.78 is 0. The van der Waals surface area contributed by atoms with Crippen molar-refractivity contribution in [3.05, 3.63) is 80.6 Å². The van der Waals surface area contributed by atoms with E-state index in [9.17, 15) is 10.4 Å². The highest BCUT2D eigenvalue weighted by Crippen LogP contribution is 2.54. The molecule has 2 aromatic carbocycles. The second-order valence-corrected chi connectivity index (χ2v) is 6.92. The Morgan fingerprint density at radius 2 is 1.92 bits per heavy atom. The molecular weight excluding hydrogens is 355 g/mol. The molecule has 0 saturated heterocycles. The highest BCUT2D eigenvalue weighted by Gasteiger charge is 2.47. The molecule has 0 fully saturated rings. The lowest BCUT2D eigenvalue weighted by Crippen LogP contribution is -2.27. The van der Waals surface area contributed by atoms with E-state index >= 15 is 0 Å². The normalized spacial score (nSPS) is 17.9. The number of hydrogen-bond donors (Lipinski definition) is 2. The van der Waals surface area contributed by atoms with E-state index in [4.69, 9.17) is 23.2 Å². The van der Waals surface area contributed by atoms with Crippen LogP contribution in [0, 0.1) is 11.3 Å². The number of hydrogen-bond acceptors (Lipinski definition) is 2. The van der Waals surface area contributed by atoms with Crippen LogP contribution in [0.5, 0.6) is 0 Å². The highest BCUT2D eigenvalue weighted by atomic mass is 35.5. The monoisotopic (exact) mass is 368 g/mol. The molecular formula is C20H14Cl2N2O. The lowest BCUT2D eigenvalue weighted by atomic mass is 9.87. The van der Waals surface area contributed by atoms with Crippen LogP contribution >= 0.6 is 23.2 Å². The molecule has 1 unspecified atom stereocenters. The molecule has 3 nitrogen and oxygen atoms in total.